The summed E-state index contributed by atoms with van der Waals surface area (Å²) in [5, 5.41) is 2.91. The summed E-state index contributed by atoms with van der Waals surface area (Å²) in [5.74, 6) is 0.601. The Kier molecular flexibility index (Phi) is 4.37. The largest absolute Gasteiger partial charge is 0.469 e. The summed E-state index contributed by atoms with van der Waals surface area (Å²) in [4.78, 5) is 20.9. The van der Waals surface area contributed by atoms with E-state index in [1.165, 1.54) is 24.8 Å². The van der Waals surface area contributed by atoms with Crippen molar-refractivity contribution in [2.24, 2.45) is 0 Å². The molecule has 4 aromatic rings. The van der Waals surface area contributed by atoms with Gasteiger partial charge in [-0.2, -0.15) is 0 Å². The summed E-state index contributed by atoms with van der Waals surface area (Å²) in [6.07, 6.45) is 1.48. The van der Waals surface area contributed by atoms with Gasteiger partial charge in [-0.1, -0.05) is 30.3 Å². The van der Waals surface area contributed by atoms with Gasteiger partial charge in [-0.3, -0.25) is 0 Å². The molecule has 130 valence electrons. The summed E-state index contributed by atoms with van der Waals surface area (Å²) in [6, 6.07) is 13.2. The third-order valence-corrected chi connectivity index (χ3v) is 4.71. The Morgan fingerprint density at radius 2 is 2.00 bits per heavy atom. The Bertz CT molecular complexity index is 1060. The highest BCUT2D eigenvalue weighted by Crippen LogP contribution is 2.37. The molecule has 3 heterocycles. The highest BCUT2D eigenvalue weighted by molar-refractivity contribution is 7.17. The molecule has 1 aromatic carbocycles. The zero-order valence-corrected chi connectivity index (χ0v) is 14.7. The minimum Gasteiger partial charge on any atom is -0.469 e. The van der Waals surface area contributed by atoms with Crippen molar-refractivity contribution in [3.05, 3.63) is 65.7 Å². The molecule has 0 radical (unpaired) electrons. The summed E-state index contributed by atoms with van der Waals surface area (Å²) < 4.78 is 15.9. The molecule has 0 spiro atoms. The average Bonchev–Trinajstić information content (AvgIpc) is 3.34. The fourth-order valence-corrected chi connectivity index (χ4v) is 3.50. The molecule has 26 heavy (non-hydrogen) atoms. The van der Waals surface area contributed by atoms with Crippen LogP contribution < -0.4 is 4.74 Å². The van der Waals surface area contributed by atoms with Crippen LogP contribution in [0.25, 0.3) is 21.3 Å². The fourth-order valence-electron chi connectivity index (χ4n) is 2.59. The van der Waals surface area contributed by atoms with Crippen molar-refractivity contribution in [3.63, 3.8) is 0 Å². The summed E-state index contributed by atoms with van der Waals surface area (Å²) in [6.45, 7) is 0.146. The second kappa shape index (κ2) is 6.97. The van der Waals surface area contributed by atoms with Gasteiger partial charge in [0.2, 0.25) is 11.6 Å². The lowest BCUT2D eigenvalue weighted by molar-refractivity contribution is 0.0561. The molecule has 0 aliphatic heterocycles. The minimum absolute atomic E-state index is 0.138. The monoisotopic (exact) mass is 366 g/mol. The number of aromatic nitrogens is 2. The van der Waals surface area contributed by atoms with Crippen LogP contribution in [0.15, 0.2) is 58.6 Å². The number of thiophene rings is 1. The van der Waals surface area contributed by atoms with Crippen molar-refractivity contribution in [3.8, 4) is 17.0 Å². The second-order valence-corrected chi connectivity index (χ2v) is 6.28. The number of carbonyl (C=O) groups excluding carboxylic acids is 1. The number of rotatable bonds is 5. The average molecular weight is 366 g/mol. The highest BCUT2D eigenvalue weighted by Gasteiger charge is 2.16. The first-order chi connectivity index (χ1) is 12.8. The van der Waals surface area contributed by atoms with Crippen LogP contribution in [0.5, 0.6) is 5.88 Å². The van der Waals surface area contributed by atoms with Gasteiger partial charge in [0.15, 0.2) is 0 Å². The lowest BCUT2D eigenvalue weighted by Gasteiger charge is -2.06. The van der Waals surface area contributed by atoms with Crippen molar-refractivity contribution in [2.75, 3.05) is 7.11 Å². The van der Waals surface area contributed by atoms with Crippen LogP contribution in [0.4, 0.5) is 0 Å². The van der Waals surface area contributed by atoms with Crippen LogP contribution in [0.1, 0.15) is 16.3 Å². The van der Waals surface area contributed by atoms with Gasteiger partial charge in [0, 0.05) is 10.9 Å². The first-order valence-corrected chi connectivity index (χ1v) is 8.71. The molecule has 0 N–H and O–H groups in total. The molecule has 0 bridgehead atoms. The van der Waals surface area contributed by atoms with Crippen LogP contribution in [0.3, 0.4) is 0 Å². The predicted octanol–water partition coefficient (Wildman–Crippen LogP) is 4.32. The third kappa shape index (κ3) is 3.04. The van der Waals surface area contributed by atoms with E-state index >= 15 is 0 Å². The van der Waals surface area contributed by atoms with Crippen molar-refractivity contribution in [2.45, 2.75) is 6.61 Å². The molecule has 0 aliphatic rings. The number of carbonyl (C=O) groups is 1. The maximum Gasteiger partial charge on any atom is 0.373 e. The van der Waals surface area contributed by atoms with Gasteiger partial charge >= 0.3 is 5.97 Å². The number of hydrogen-bond acceptors (Lipinski definition) is 7. The van der Waals surface area contributed by atoms with E-state index in [1.54, 1.807) is 12.1 Å². The zero-order valence-electron chi connectivity index (χ0n) is 13.8. The van der Waals surface area contributed by atoms with Crippen molar-refractivity contribution in [1.29, 1.82) is 0 Å². The van der Waals surface area contributed by atoms with E-state index in [9.17, 15) is 4.79 Å². The number of benzene rings is 1. The number of methoxy groups -OCH3 is 1. The molecule has 4 rings (SSSR count). The summed E-state index contributed by atoms with van der Waals surface area (Å²) in [7, 11) is 1.31. The molecule has 3 aromatic heterocycles. The van der Waals surface area contributed by atoms with Gasteiger partial charge in [-0.05, 0) is 17.7 Å². The Balaban J connectivity index is 1.64. The van der Waals surface area contributed by atoms with Gasteiger partial charge in [-0.25, -0.2) is 14.8 Å². The van der Waals surface area contributed by atoms with Gasteiger partial charge in [0.25, 0.3) is 0 Å². The number of ether oxygens (including phenoxy) is 2. The fraction of sp³-hybridized carbons (Fsp3) is 0.105. The van der Waals surface area contributed by atoms with Gasteiger partial charge < -0.3 is 13.9 Å². The Hall–Kier alpha value is -3.19. The lowest BCUT2D eigenvalue weighted by Crippen LogP contribution is -1.99. The van der Waals surface area contributed by atoms with Crippen molar-refractivity contribution >= 4 is 27.5 Å². The molecular formula is C19H14N2O4S. The SMILES string of the molecule is COC(=O)c1ccc(COc2ncnc3scc(-c4ccccc4)c23)o1. The number of fused-ring (bicyclic) bond motifs is 1. The van der Waals surface area contributed by atoms with E-state index in [0.29, 0.717) is 11.6 Å². The maximum absolute atomic E-state index is 11.5. The topological polar surface area (TPSA) is 74.5 Å². The number of esters is 1. The molecule has 0 aliphatic carbocycles. The molecule has 0 fully saturated rings. The van der Waals surface area contributed by atoms with E-state index in [1.807, 2.05) is 35.7 Å². The molecule has 7 heteroatoms. The van der Waals surface area contributed by atoms with Crippen LogP contribution >= 0.6 is 11.3 Å². The number of furan rings is 1. The second-order valence-electron chi connectivity index (χ2n) is 5.42. The van der Waals surface area contributed by atoms with Crippen LogP contribution in [0, 0.1) is 0 Å². The highest BCUT2D eigenvalue weighted by atomic mass is 32.1. The van der Waals surface area contributed by atoms with E-state index in [-0.39, 0.29) is 12.4 Å². The Morgan fingerprint density at radius 3 is 2.81 bits per heavy atom. The van der Waals surface area contributed by atoms with E-state index in [4.69, 9.17) is 9.15 Å². The molecule has 0 saturated heterocycles. The Labute approximate surface area is 153 Å². The first kappa shape index (κ1) is 16.3. The third-order valence-electron chi connectivity index (χ3n) is 3.82. The molecule has 0 amide bonds. The quantitative estimate of drug-likeness (QED) is 0.490. The summed E-state index contributed by atoms with van der Waals surface area (Å²) >= 11 is 1.54. The van der Waals surface area contributed by atoms with E-state index < -0.39 is 5.97 Å². The molecular weight excluding hydrogens is 352 g/mol. The van der Waals surface area contributed by atoms with Crippen molar-refractivity contribution in [1.82, 2.24) is 9.97 Å². The first-order valence-electron chi connectivity index (χ1n) is 7.83. The van der Waals surface area contributed by atoms with E-state index in [2.05, 4.69) is 14.7 Å². The molecule has 0 unspecified atom stereocenters. The lowest BCUT2D eigenvalue weighted by atomic mass is 10.1. The van der Waals surface area contributed by atoms with Gasteiger partial charge in [-0.15, -0.1) is 11.3 Å². The molecule has 0 atom stereocenters. The number of hydrogen-bond donors (Lipinski definition) is 0. The summed E-state index contributed by atoms with van der Waals surface area (Å²) in [5.41, 5.74) is 2.10. The van der Waals surface area contributed by atoms with Crippen LogP contribution in [-0.2, 0) is 11.3 Å². The maximum atomic E-state index is 11.5. The van der Waals surface area contributed by atoms with Crippen LogP contribution in [0.2, 0.25) is 0 Å². The standard InChI is InChI=1S/C19H14N2O4S/c1-23-19(22)15-8-7-13(25-15)9-24-17-16-14(12-5-3-2-4-6-12)10-26-18(16)21-11-20-17/h2-8,10-11H,9H2,1H3. The normalized spacial score (nSPS) is 10.8. The van der Waals surface area contributed by atoms with Gasteiger partial charge in [0.1, 0.15) is 23.5 Å². The predicted molar refractivity (Wildman–Crippen MR) is 97.2 cm³/mol. The molecule has 0 saturated carbocycles. The molecule has 6 nitrogen and oxygen atoms in total. The smallest absolute Gasteiger partial charge is 0.373 e. The van der Waals surface area contributed by atoms with Gasteiger partial charge in [0.05, 0.1) is 12.5 Å². The number of nitrogens with zero attached hydrogens (tertiary/aromatic N) is 2. The van der Waals surface area contributed by atoms with Crippen LogP contribution in [-0.4, -0.2) is 23.0 Å². The van der Waals surface area contributed by atoms with Crippen molar-refractivity contribution < 1.29 is 18.7 Å². The zero-order chi connectivity index (χ0) is 17.9. The van der Waals surface area contributed by atoms with E-state index in [0.717, 1.165) is 21.3 Å². The minimum atomic E-state index is -0.523. The Morgan fingerprint density at radius 1 is 1.15 bits per heavy atom.